The van der Waals surface area contributed by atoms with Crippen molar-refractivity contribution in [3.05, 3.63) is 0 Å². The second kappa shape index (κ2) is 13.1. The highest BCUT2D eigenvalue weighted by molar-refractivity contribution is 15.0. The van der Waals surface area contributed by atoms with Crippen LogP contribution in [0.25, 0.3) is 0 Å². The molecule has 0 aliphatic rings. The van der Waals surface area contributed by atoms with Crippen molar-refractivity contribution < 1.29 is 5.11 Å². The minimum atomic E-state index is 0.145. The first-order valence-electron chi connectivity index (χ1n) is 5.37. The van der Waals surface area contributed by atoms with Crippen molar-refractivity contribution in [2.24, 2.45) is 0 Å². The summed E-state index contributed by atoms with van der Waals surface area (Å²) in [4.78, 5) is 0. The molecule has 0 aromatic heterocycles. The van der Waals surface area contributed by atoms with Gasteiger partial charge in [0.1, 0.15) is 0 Å². The van der Waals surface area contributed by atoms with E-state index in [9.17, 15) is 0 Å². The first-order valence-corrected chi connectivity index (χ1v) is 12.6. The molecule has 3 N–H and O–H groups in total. The van der Waals surface area contributed by atoms with E-state index in [1.807, 2.05) is 0 Å². The van der Waals surface area contributed by atoms with E-state index in [0.29, 0.717) is 0 Å². The fraction of sp³-hybridized carbons (Fsp3) is 1.00. The predicted molar refractivity (Wildman–Crippen MR) is 92.3 cm³/mol. The lowest BCUT2D eigenvalue weighted by molar-refractivity contribution is 0.240. The highest BCUT2D eigenvalue weighted by atomic mass is 128. The lowest BCUT2D eigenvalue weighted by Gasteiger charge is -2.21. The molecule has 16 heavy (non-hydrogen) atoms. The molecule has 0 fully saturated rings. The van der Waals surface area contributed by atoms with Crippen molar-refractivity contribution in [1.29, 1.82) is 0 Å². The average molecular weight is 474 g/mol. The van der Waals surface area contributed by atoms with Crippen LogP contribution < -0.4 is 10.0 Å². The van der Waals surface area contributed by atoms with Crippen LogP contribution in [0.5, 0.6) is 0 Å². The van der Waals surface area contributed by atoms with Crippen LogP contribution in [0.2, 0.25) is 0 Å². The van der Waals surface area contributed by atoms with E-state index in [1.165, 1.54) is 0 Å². The minimum Gasteiger partial charge on any atom is -0.395 e. The first-order chi connectivity index (χ1) is 7.49. The molecule has 0 aliphatic carbocycles. The molecule has 1 atom stereocenters. The maximum absolute atomic E-state index is 9.02. The molecule has 0 radical (unpaired) electrons. The molecule has 0 aliphatic heterocycles. The summed E-state index contributed by atoms with van der Waals surface area (Å²) in [5.74, 6) is 0.836. The normalized spacial score (nSPS) is 12.9. The van der Waals surface area contributed by atoms with Crippen LogP contribution in [0.15, 0.2) is 0 Å². The summed E-state index contributed by atoms with van der Waals surface area (Å²) in [6.45, 7) is 8.76. The molecule has 0 bridgehead atoms. The van der Waals surface area contributed by atoms with Crippen molar-refractivity contribution in [3.8, 4) is 0 Å². The second-order valence-corrected chi connectivity index (χ2v) is 5.29. The molecule has 0 saturated carbocycles. The molecule has 0 aromatic rings. The second-order valence-electron chi connectivity index (χ2n) is 4.51. The minimum absolute atomic E-state index is 0.145. The molecule has 0 saturated heterocycles. The Hall–Kier alpha value is 1.69. The lowest BCUT2D eigenvalue weighted by Crippen LogP contribution is -2.36. The molecular formula is C10H24I2N2OS. The number of hydrogen-bond acceptors (Lipinski definition) is 4. The lowest BCUT2D eigenvalue weighted by atomic mass is 10.1. The van der Waals surface area contributed by atoms with E-state index in [2.05, 4.69) is 75.0 Å². The van der Waals surface area contributed by atoms with Gasteiger partial charge >= 0.3 is 0 Å². The van der Waals surface area contributed by atoms with E-state index in [0.717, 1.165) is 18.7 Å². The SMILES string of the molecule is CCCC(CO)NCSNC(C)(C)C.II. The zero-order valence-electron chi connectivity index (χ0n) is 10.5. The summed E-state index contributed by atoms with van der Waals surface area (Å²) in [6.07, 6.45) is 2.14. The monoisotopic (exact) mass is 474 g/mol. The molecule has 0 aromatic carbocycles. The van der Waals surface area contributed by atoms with Crippen molar-refractivity contribution in [1.82, 2.24) is 10.0 Å². The topological polar surface area (TPSA) is 44.3 Å². The number of nitrogens with one attached hydrogen (secondary N) is 2. The van der Waals surface area contributed by atoms with Gasteiger partial charge in [-0.1, -0.05) is 25.3 Å². The molecule has 3 nitrogen and oxygen atoms in total. The van der Waals surface area contributed by atoms with Gasteiger partial charge in [0.05, 0.1) is 12.5 Å². The third kappa shape index (κ3) is 15.7. The standard InChI is InChI=1S/C10H24N2OS.I2/c1-5-6-9(7-13)11-8-14-12-10(2,3)4;1-2/h9,11-13H,5-8H2,1-4H3;. The molecule has 0 amide bonds. The summed E-state index contributed by atoms with van der Waals surface area (Å²) in [5.41, 5.74) is 0.145. The Kier molecular flexibility index (Phi) is 16.4. The van der Waals surface area contributed by atoms with Gasteiger partial charge < -0.3 is 10.4 Å². The van der Waals surface area contributed by atoms with Gasteiger partial charge in [-0.25, -0.2) is 0 Å². The summed E-state index contributed by atoms with van der Waals surface area (Å²) in [6, 6.07) is 0.245. The van der Waals surface area contributed by atoms with E-state index < -0.39 is 0 Å². The van der Waals surface area contributed by atoms with Crippen molar-refractivity contribution in [3.63, 3.8) is 0 Å². The summed E-state index contributed by atoms with van der Waals surface area (Å²) >= 11 is 5.90. The summed E-state index contributed by atoms with van der Waals surface area (Å²) < 4.78 is 3.32. The maximum Gasteiger partial charge on any atom is 0.0584 e. The molecule has 0 rings (SSSR count). The molecule has 6 heteroatoms. The summed E-state index contributed by atoms with van der Waals surface area (Å²) in [7, 11) is 0. The number of halogens is 2. The first kappa shape index (κ1) is 20.0. The van der Waals surface area contributed by atoms with Crippen LogP contribution in [0.3, 0.4) is 0 Å². The van der Waals surface area contributed by atoms with Gasteiger partial charge in [0.2, 0.25) is 0 Å². The Bertz CT molecular complexity index is 145. The fourth-order valence-corrected chi connectivity index (χ4v) is 1.84. The Morgan fingerprint density at radius 3 is 2.25 bits per heavy atom. The van der Waals surface area contributed by atoms with E-state index in [-0.39, 0.29) is 18.2 Å². The van der Waals surface area contributed by atoms with Gasteiger partial charge in [-0.05, 0) is 27.2 Å². The van der Waals surface area contributed by atoms with Crippen LogP contribution in [0, 0.1) is 0 Å². The van der Waals surface area contributed by atoms with E-state index in [1.54, 1.807) is 11.9 Å². The van der Waals surface area contributed by atoms with Crippen molar-refractivity contribution in [2.45, 2.75) is 52.1 Å². The summed E-state index contributed by atoms with van der Waals surface area (Å²) in [5, 5.41) is 12.3. The highest BCUT2D eigenvalue weighted by Crippen LogP contribution is 2.06. The van der Waals surface area contributed by atoms with Crippen LogP contribution >= 0.6 is 49.2 Å². The smallest absolute Gasteiger partial charge is 0.0584 e. The van der Waals surface area contributed by atoms with Gasteiger partial charge in [-0.2, -0.15) is 0 Å². The van der Waals surface area contributed by atoms with Gasteiger partial charge in [-0.15, -0.1) is 0 Å². The van der Waals surface area contributed by atoms with Gasteiger partial charge in [0, 0.05) is 48.8 Å². The number of rotatable bonds is 7. The quantitative estimate of drug-likeness (QED) is 0.229. The Labute approximate surface area is 128 Å². The Morgan fingerprint density at radius 1 is 1.31 bits per heavy atom. The molecule has 0 spiro atoms. The largest absolute Gasteiger partial charge is 0.395 e. The number of aliphatic hydroxyl groups excluding tert-OH is 1. The van der Waals surface area contributed by atoms with Crippen molar-refractivity contribution >= 4 is 49.2 Å². The zero-order chi connectivity index (χ0) is 13.0. The maximum atomic E-state index is 9.02. The van der Waals surface area contributed by atoms with Crippen LogP contribution in [-0.2, 0) is 0 Å². The zero-order valence-corrected chi connectivity index (χ0v) is 15.6. The molecule has 1 unspecified atom stereocenters. The fourth-order valence-electron chi connectivity index (χ4n) is 1.02. The van der Waals surface area contributed by atoms with E-state index in [4.69, 9.17) is 5.11 Å². The third-order valence-electron chi connectivity index (χ3n) is 1.68. The molecule has 100 valence electrons. The van der Waals surface area contributed by atoms with Crippen LogP contribution in [-0.4, -0.2) is 29.2 Å². The average Bonchev–Trinajstić information content (AvgIpc) is 2.24. The van der Waals surface area contributed by atoms with Crippen molar-refractivity contribution in [2.75, 3.05) is 12.5 Å². The highest BCUT2D eigenvalue weighted by Gasteiger charge is 2.09. The number of aliphatic hydroxyl groups is 1. The van der Waals surface area contributed by atoms with Gasteiger partial charge in [0.15, 0.2) is 0 Å². The van der Waals surface area contributed by atoms with Gasteiger partial charge in [0.25, 0.3) is 0 Å². The number of hydrogen-bond donors (Lipinski definition) is 3. The Balaban J connectivity index is 0. The van der Waals surface area contributed by atoms with Crippen LogP contribution in [0.4, 0.5) is 0 Å². The van der Waals surface area contributed by atoms with E-state index >= 15 is 0 Å². The Morgan fingerprint density at radius 2 is 1.88 bits per heavy atom. The predicted octanol–water partition coefficient (Wildman–Crippen LogP) is 3.50. The third-order valence-corrected chi connectivity index (χ3v) is 2.75. The van der Waals surface area contributed by atoms with Gasteiger partial charge in [-0.3, -0.25) is 4.72 Å². The van der Waals surface area contributed by atoms with Crippen LogP contribution in [0.1, 0.15) is 40.5 Å². The molecular weight excluding hydrogens is 450 g/mol. The molecule has 0 heterocycles.